The molecule has 0 heterocycles. The molecule has 0 fully saturated rings. The number of aryl methyl sites for hydroxylation is 1. The Kier molecular flexibility index (Phi) is 3.70. The molecule has 0 aromatic heterocycles. The first-order chi connectivity index (χ1) is 9.47. The second-order valence-corrected chi connectivity index (χ2v) is 4.40. The van der Waals surface area contributed by atoms with E-state index in [1.165, 1.54) is 12.1 Å². The number of rotatable bonds is 4. The van der Waals surface area contributed by atoms with Gasteiger partial charge in [0.2, 0.25) is 5.91 Å². The minimum Gasteiger partial charge on any atom is -0.478 e. The number of benzene rings is 2. The topological polar surface area (TPSA) is 92.4 Å². The molecule has 0 spiro atoms. The van der Waals surface area contributed by atoms with Gasteiger partial charge in [0.25, 0.3) is 0 Å². The molecular weight excluding hydrogens is 256 g/mol. The van der Waals surface area contributed by atoms with Crippen LogP contribution in [0.1, 0.15) is 26.3 Å². The maximum absolute atomic E-state index is 11.1. The van der Waals surface area contributed by atoms with Gasteiger partial charge >= 0.3 is 5.97 Å². The number of amides is 1. The van der Waals surface area contributed by atoms with Gasteiger partial charge in [-0.1, -0.05) is 0 Å². The third-order valence-electron chi connectivity index (χ3n) is 2.91. The lowest BCUT2D eigenvalue weighted by molar-refractivity contribution is 0.0696. The van der Waals surface area contributed by atoms with Crippen LogP contribution in [-0.2, 0) is 0 Å². The molecule has 2 aromatic rings. The molecule has 0 radical (unpaired) electrons. The number of hydrogen-bond donors (Lipinski definition) is 3. The minimum absolute atomic E-state index is 0.232. The summed E-state index contributed by atoms with van der Waals surface area (Å²) in [5.41, 5.74) is 8.31. The SMILES string of the molecule is Cc1cc(Nc2ccc(C(=O)O)cc2)ccc1C(N)=O. The molecule has 0 saturated heterocycles. The molecule has 0 bridgehead atoms. The van der Waals surface area contributed by atoms with Crippen molar-refractivity contribution in [2.45, 2.75) is 6.92 Å². The zero-order chi connectivity index (χ0) is 14.7. The van der Waals surface area contributed by atoms with Crippen LogP contribution in [0.2, 0.25) is 0 Å². The molecule has 4 N–H and O–H groups in total. The molecule has 5 heteroatoms. The number of carbonyl (C=O) groups excluding carboxylic acids is 1. The van der Waals surface area contributed by atoms with Crippen LogP contribution in [0.3, 0.4) is 0 Å². The van der Waals surface area contributed by atoms with Crippen LogP contribution in [0.15, 0.2) is 42.5 Å². The first kappa shape index (κ1) is 13.6. The Morgan fingerprint density at radius 1 is 1.05 bits per heavy atom. The summed E-state index contributed by atoms with van der Waals surface area (Å²) < 4.78 is 0. The summed E-state index contributed by atoms with van der Waals surface area (Å²) in [5.74, 6) is -1.42. The van der Waals surface area contributed by atoms with Crippen LogP contribution in [0.5, 0.6) is 0 Å². The van der Waals surface area contributed by atoms with E-state index in [2.05, 4.69) is 5.32 Å². The highest BCUT2D eigenvalue weighted by Gasteiger charge is 2.06. The van der Waals surface area contributed by atoms with Crippen LogP contribution < -0.4 is 11.1 Å². The predicted molar refractivity (Wildman–Crippen MR) is 76.4 cm³/mol. The van der Waals surface area contributed by atoms with Crippen LogP contribution in [0.25, 0.3) is 0 Å². The van der Waals surface area contributed by atoms with Crippen molar-refractivity contribution in [1.29, 1.82) is 0 Å². The van der Waals surface area contributed by atoms with E-state index in [1.807, 2.05) is 6.07 Å². The number of carboxylic acids is 1. The van der Waals surface area contributed by atoms with Crippen molar-refractivity contribution >= 4 is 23.3 Å². The number of nitrogens with two attached hydrogens (primary N) is 1. The van der Waals surface area contributed by atoms with Crippen LogP contribution in [-0.4, -0.2) is 17.0 Å². The number of hydrogen-bond acceptors (Lipinski definition) is 3. The number of aromatic carboxylic acids is 1. The van der Waals surface area contributed by atoms with Crippen molar-refractivity contribution in [3.8, 4) is 0 Å². The molecule has 102 valence electrons. The van der Waals surface area contributed by atoms with Crippen LogP contribution in [0.4, 0.5) is 11.4 Å². The van der Waals surface area contributed by atoms with Crippen molar-refractivity contribution in [2.24, 2.45) is 5.73 Å². The molecule has 2 rings (SSSR count). The Labute approximate surface area is 116 Å². The van der Waals surface area contributed by atoms with Crippen LogP contribution >= 0.6 is 0 Å². The summed E-state index contributed by atoms with van der Waals surface area (Å²) in [6.07, 6.45) is 0. The lowest BCUT2D eigenvalue weighted by atomic mass is 10.1. The van der Waals surface area contributed by atoms with Crippen molar-refractivity contribution in [1.82, 2.24) is 0 Å². The average Bonchev–Trinajstić information content (AvgIpc) is 2.39. The third kappa shape index (κ3) is 2.95. The lowest BCUT2D eigenvalue weighted by Gasteiger charge is -2.09. The molecule has 0 aliphatic heterocycles. The first-order valence-corrected chi connectivity index (χ1v) is 5.98. The Bertz CT molecular complexity index is 663. The highest BCUT2D eigenvalue weighted by atomic mass is 16.4. The van der Waals surface area contributed by atoms with Crippen LogP contribution in [0, 0.1) is 6.92 Å². The van der Waals surface area contributed by atoms with E-state index >= 15 is 0 Å². The summed E-state index contributed by atoms with van der Waals surface area (Å²) in [5, 5.41) is 12.0. The highest BCUT2D eigenvalue weighted by molar-refractivity contribution is 5.94. The van der Waals surface area contributed by atoms with Crippen molar-refractivity contribution in [3.05, 3.63) is 59.2 Å². The molecule has 20 heavy (non-hydrogen) atoms. The number of anilines is 2. The summed E-state index contributed by atoms with van der Waals surface area (Å²) in [6, 6.07) is 11.6. The molecule has 2 aromatic carbocycles. The zero-order valence-electron chi connectivity index (χ0n) is 10.9. The van der Waals surface area contributed by atoms with Crippen molar-refractivity contribution < 1.29 is 14.7 Å². The van der Waals surface area contributed by atoms with Gasteiger partial charge in [0.05, 0.1) is 5.56 Å². The maximum Gasteiger partial charge on any atom is 0.335 e. The highest BCUT2D eigenvalue weighted by Crippen LogP contribution is 2.20. The van der Waals surface area contributed by atoms with E-state index in [1.54, 1.807) is 31.2 Å². The number of nitrogens with one attached hydrogen (secondary N) is 1. The Hall–Kier alpha value is -2.82. The van der Waals surface area contributed by atoms with E-state index in [9.17, 15) is 9.59 Å². The molecule has 0 aliphatic carbocycles. The largest absolute Gasteiger partial charge is 0.478 e. The summed E-state index contributed by atoms with van der Waals surface area (Å²) >= 11 is 0. The second-order valence-electron chi connectivity index (χ2n) is 4.40. The van der Waals surface area contributed by atoms with Gasteiger partial charge in [0, 0.05) is 16.9 Å². The Morgan fingerprint density at radius 3 is 2.15 bits per heavy atom. The summed E-state index contributed by atoms with van der Waals surface area (Å²) in [6.45, 7) is 1.80. The van der Waals surface area contributed by atoms with E-state index < -0.39 is 11.9 Å². The van der Waals surface area contributed by atoms with E-state index in [4.69, 9.17) is 10.8 Å². The Morgan fingerprint density at radius 2 is 1.65 bits per heavy atom. The molecule has 5 nitrogen and oxygen atoms in total. The first-order valence-electron chi connectivity index (χ1n) is 5.98. The predicted octanol–water partition coefficient (Wildman–Crippen LogP) is 2.54. The summed E-state index contributed by atoms with van der Waals surface area (Å²) in [4.78, 5) is 21.9. The average molecular weight is 270 g/mol. The lowest BCUT2D eigenvalue weighted by Crippen LogP contribution is -2.12. The van der Waals surface area contributed by atoms with Gasteiger partial charge in [-0.15, -0.1) is 0 Å². The minimum atomic E-state index is -0.960. The third-order valence-corrected chi connectivity index (χ3v) is 2.91. The fourth-order valence-corrected chi connectivity index (χ4v) is 1.88. The number of carbonyl (C=O) groups is 2. The normalized spacial score (nSPS) is 10.1. The Balaban J connectivity index is 2.19. The molecule has 0 aliphatic rings. The van der Waals surface area contributed by atoms with E-state index in [0.29, 0.717) is 5.56 Å². The summed E-state index contributed by atoms with van der Waals surface area (Å²) in [7, 11) is 0. The van der Waals surface area contributed by atoms with Gasteiger partial charge < -0.3 is 16.2 Å². The van der Waals surface area contributed by atoms with Crippen molar-refractivity contribution in [2.75, 3.05) is 5.32 Å². The van der Waals surface area contributed by atoms with E-state index in [0.717, 1.165) is 16.9 Å². The van der Waals surface area contributed by atoms with Gasteiger partial charge in [-0.3, -0.25) is 4.79 Å². The van der Waals surface area contributed by atoms with Gasteiger partial charge in [-0.25, -0.2) is 4.79 Å². The molecule has 0 saturated carbocycles. The standard InChI is InChI=1S/C15H14N2O3/c1-9-8-12(6-7-13(9)14(16)18)17-11-4-2-10(3-5-11)15(19)20/h2-8,17H,1H3,(H2,16,18)(H,19,20). The molecule has 0 unspecified atom stereocenters. The van der Waals surface area contributed by atoms with Gasteiger partial charge in [-0.05, 0) is 55.0 Å². The number of carboxylic acid groups (broad SMARTS) is 1. The van der Waals surface area contributed by atoms with Crippen molar-refractivity contribution in [3.63, 3.8) is 0 Å². The molecule has 1 amide bonds. The maximum atomic E-state index is 11.1. The van der Waals surface area contributed by atoms with E-state index in [-0.39, 0.29) is 5.56 Å². The van der Waals surface area contributed by atoms with Gasteiger partial charge in [0.15, 0.2) is 0 Å². The number of primary amides is 1. The van der Waals surface area contributed by atoms with Gasteiger partial charge in [-0.2, -0.15) is 0 Å². The van der Waals surface area contributed by atoms with Gasteiger partial charge in [0.1, 0.15) is 0 Å². The quantitative estimate of drug-likeness (QED) is 0.796. The fraction of sp³-hybridized carbons (Fsp3) is 0.0667. The monoisotopic (exact) mass is 270 g/mol. The second kappa shape index (κ2) is 5.44. The molecule has 0 atom stereocenters. The molecular formula is C15H14N2O3. The smallest absolute Gasteiger partial charge is 0.335 e. The fourth-order valence-electron chi connectivity index (χ4n) is 1.88. The zero-order valence-corrected chi connectivity index (χ0v) is 10.9.